The van der Waals surface area contributed by atoms with E-state index in [4.69, 9.17) is 4.74 Å². The zero-order chi connectivity index (χ0) is 18.0. The standard InChI is InChI=1S/C20H25N2O2Se/c1-21(2)15-5-9-17(10-6-15)25(19-13-14-24-20(19)23)18-11-7-16(8-12-18)22(3)4/h5-12,19H,13-14H2,1-4H3. The van der Waals surface area contributed by atoms with Crippen LogP contribution in [0, 0.1) is 0 Å². The Morgan fingerprint density at radius 3 is 1.60 bits per heavy atom. The molecule has 1 saturated heterocycles. The Labute approximate surface area is 154 Å². The molecule has 0 bridgehead atoms. The normalized spacial score (nSPS) is 16.8. The second-order valence-electron chi connectivity index (χ2n) is 6.56. The van der Waals surface area contributed by atoms with E-state index in [1.165, 1.54) is 20.3 Å². The molecule has 4 nitrogen and oxygen atoms in total. The third-order valence-corrected chi connectivity index (χ3v) is 9.75. The third kappa shape index (κ3) is 3.83. The van der Waals surface area contributed by atoms with Gasteiger partial charge in [-0.05, 0) is 0 Å². The van der Waals surface area contributed by atoms with Crippen LogP contribution in [0.4, 0.5) is 11.4 Å². The Morgan fingerprint density at radius 2 is 1.28 bits per heavy atom. The van der Waals surface area contributed by atoms with Gasteiger partial charge in [0, 0.05) is 0 Å². The van der Waals surface area contributed by atoms with Crippen LogP contribution in [0.1, 0.15) is 6.42 Å². The SMILES string of the molecule is CN(C)c1ccc([Se](c2ccc(N(C)C)cc2)C2CCOC2=O)cc1. The minimum atomic E-state index is -1.51. The first-order valence-electron chi connectivity index (χ1n) is 8.42. The Morgan fingerprint density at radius 1 is 0.840 bits per heavy atom. The zero-order valence-corrected chi connectivity index (χ0v) is 16.9. The number of esters is 1. The van der Waals surface area contributed by atoms with Gasteiger partial charge in [0.05, 0.1) is 0 Å². The summed E-state index contributed by atoms with van der Waals surface area (Å²) in [4.78, 5) is 16.5. The third-order valence-electron chi connectivity index (χ3n) is 4.39. The predicted molar refractivity (Wildman–Crippen MR) is 106 cm³/mol. The quantitative estimate of drug-likeness (QED) is 0.562. The molecule has 0 saturated carbocycles. The Bertz CT molecular complexity index is 675. The van der Waals surface area contributed by atoms with Crippen molar-refractivity contribution in [2.24, 2.45) is 0 Å². The van der Waals surface area contributed by atoms with Gasteiger partial charge in [-0.1, -0.05) is 0 Å². The van der Waals surface area contributed by atoms with Crippen LogP contribution in [-0.4, -0.2) is 54.7 Å². The molecular weight excluding hydrogens is 379 g/mol. The second-order valence-corrected chi connectivity index (χ2v) is 11.1. The molecule has 25 heavy (non-hydrogen) atoms. The van der Waals surface area contributed by atoms with Gasteiger partial charge in [0.2, 0.25) is 0 Å². The van der Waals surface area contributed by atoms with Gasteiger partial charge in [-0.25, -0.2) is 0 Å². The van der Waals surface area contributed by atoms with Gasteiger partial charge in [0.1, 0.15) is 0 Å². The van der Waals surface area contributed by atoms with Crippen molar-refractivity contribution in [3.63, 3.8) is 0 Å². The summed E-state index contributed by atoms with van der Waals surface area (Å²) < 4.78 is 7.86. The molecule has 1 aliphatic rings. The summed E-state index contributed by atoms with van der Waals surface area (Å²) in [5.41, 5.74) is 2.34. The first kappa shape index (κ1) is 17.8. The van der Waals surface area contributed by atoms with Crippen molar-refractivity contribution < 1.29 is 9.53 Å². The van der Waals surface area contributed by atoms with Gasteiger partial charge in [-0.2, -0.15) is 0 Å². The van der Waals surface area contributed by atoms with Gasteiger partial charge in [0.15, 0.2) is 0 Å². The van der Waals surface area contributed by atoms with Gasteiger partial charge >= 0.3 is 154 Å². The maximum atomic E-state index is 12.3. The molecular formula is C20H25N2O2Se. The molecule has 1 aliphatic heterocycles. The van der Waals surface area contributed by atoms with Crippen molar-refractivity contribution in [1.29, 1.82) is 0 Å². The molecule has 0 spiro atoms. The van der Waals surface area contributed by atoms with Crippen molar-refractivity contribution in [3.05, 3.63) is 48.5 Å². The number of hydrogen-bond acceptors (Lipinski definition) is 4. The number of hydrogen-bond donors (Lipinski definition) is 0. The van der Waals surface area contributed by atoms with Crippen molar-refractivity contribution >= 4 is 40.2 Å². The molecule has 1 atom stereocenters. The maximum absolute atomic E-state index is 12.3. The second kappa shape index (κ2) is 7.50. The van der Waals surface area contributed by atoms with E-state index in [0.717, 1.165) is 6.42 Å². The van der Waals surface area contributed by atoms with E-state index >= 15 is 0 Å². The fourth-order valence-corrected chi connectivity index (χ4v) is 7.93. The van der Waals surface area contributed by atoms with Crippen molar-refractivity contribution in [1.82, 2.24) is 0 Å². The number of ether oxygens (including phenoxy) is 1. The first-order valence-corrected chi connectivity index (χ1v) is 11.1. The number of cyclic esters (lactones) is 1. The number of nitrogens with zero attached hydrogens (tertiary/aromatic N) is 2. The number of rotatable bonds is 5. The van der Waals surface area contributed by atoms with Crippen LogP contribution in [0.25, 0.3) is 0 Å². The number of carbonyl (C=O) groups excluding carboxylic acids is 1. The van der Waals surface area contributed by atoms with Crippen LogP contribution in [0.3, 0.4) is 0 Å². The van der Waals surface area contributed by atoms with Gasteiger partial charge < -0.3 is 0 Å². The Hall–Kier alpha value is -1.97. The molecule has 133 valence electrons. The topological polar surface area (TPSA) is 32.8 Å². The van der Waals surface area contributed by atoms with E-state index in [2.05, 4.69) is 58.3 Å². The molecule has 1 fully saturated rings. The molecule has 1 unspecified atom stereocenters. The zero-order valence-electron chi connectivity index (χ0n) is 15.2. The molecule has 5 heteroatoms. The molecule has 0 N–H and O–H groups in total. The van der Waals surface area contributed by atoms with Crippen LogP contribution < -0.4 is 18.7 Å². The van der Waals surface area contributed by atoms with Crippen molar-refractivity contribution in [2.75, 3.05) is 44.6 Å². The van der Waals surface area contributed by atoms with Crippen molar-refractivity contribution in [3.8, 4) is 0 Å². The average molecular weight is 404 g/mol. The molecule has 0 amide bonds. The van der Waals surface area contributed by atoms with Crippen LogP contribution in [0.5, 0.6) is 0 Å². The van der Waals surface area contributed by atoms with E-state index in [1.807, 2.05) is 28.2 Å². The van der Waals surface area contributed by atoms with E-state index in [-0.39, 0.29) is 10.8 Å². The Kier molecular flexibility index (Phi) is 5.36. The number of carbonyl (C=O) groups is 1. The molecule has 0 aliphatic carbocycles. The molecule has 0 aromatic heterocycles. The van der Waals surface area contributed by atoms with Crippen LogP contribution in [-0.2, 0) is 9.53 Å². The van der Waals surface area contributed by atoms with Crippen LogP contribution >= 0.6 is 0 Å². The fourth-order valence-electron chi connectivity index (χ4n) is 2.94. The molecule has 2 aromatic carbocycles. The van der Waals surface area contributed by atoms with Gasteiger partial charge in [-0.15, -0.1) is 0 Å². The summed E-state index contributed by atoms with van der Waals surface area (Å²) in [7, 11) is 8.16. The monoisotopic (exact) mass is 405 g/mol. The molecule has 1 heterocycles. The van der Waals surface area contributed by atoms with E-state index < -0.39 is 13.9 Å². The number of benzene rings is 2. The van der Waals surface area contributed by atoms with E-state index in [9.17, 15) is 4.79 Å². The van der Waals surface area contributed by atoms with Gasteiger partial charge in [0.25, 0.3) is 0 Å². The van der Waals surface area contributed by atoms with Crippen molar-refractivity contribution in [2.45, 2.75) is 11.2 Å². The summed E-state index contributed by atoms with van der Waals surface area (Å²) in [6, 6.07) is 17.3. The Balaban J connectivity index is 1.99. The number of anilines is 2. The summed E-state index contributed by atoms with van der Waals surface area (Å²) >= 11 is -1.51. The minimum absolute atomic E-state index is 0.00964. The molecule has 2 aromatic rings. The summed E-state index contributed by atoms with van der Waals surface area (Å²) in [6.07, 6.45) is 0.828. The summed E-state index contributed by atoms with van der Waals surface area (Å²) in [5, 5.41) is 0. The van der Waals surface area contributed by atoms with Crippen LogP contribution in [0.15, 0.2) is 48.5 Å². The molecule has 1 radical (unpaired) electrons. The van der Waals surface area contributed by atoms with E-state index in [0.29, 0.717) is 6.61 Å². The average Bonchev–Trinajstić information content (AvgIpc) is 3.02. The summed E-state index contributed by atoms with van der Waals surface area (Å²) in [5.74, 6) is -0.0293. The summed E-state index contributed by atoms with van der Waals surface area (Å²) in [6.45, 7) is 0.551. The van der Waals surface area contributed by atoms with E-state index in [1.54, 1.807) is 0 Å². The van der Waals surface area contributed by atoms with Crippen LogP contribution in [0.2, 0.25) is 4.82 Å². The molecule has 3 rings (SSSR count). The fraction of sp³-hybridized carbons (Fsp3) is 0.350. The van der Waals surface area contributed by atoms with Gasteiger partial charge in [-0.3, -0.25) is 0 Å². The predicted octanol–water partition coefficient (Wildman–Crippen LogP) is 1.74. The first-order chi connectivity index (χ1) is 12.0.